The monoisotopic (exact) mass is 313 g/mol. The van der Waals surface area contributed by atoms with Crippen LogP contribution in [-0.4, -0.2) is 25.9 Å². The third-order valence-electron chi connectivity index (χ3n) is 2.87. The molecule has 0 atom stereocenters. The predicted molar refractivity (Wildman–Crippen MR) is 76.0 cm³/mol. The summed E-state index contributed by atoms with van der Waals surface area (Å²) in [5, 5.41) is 3.51. The highest BCUT2D eigenvalue weighted by Crippen LogP contribution is 2.25. The molecule has 3 nitrogen and oxygen atoms in total. The molecule has 1 aromatic carbocycles. The fraction of sp³-hybridized carbons (Fsp3) is 0.571. The summed E-state index contributed by atoms with van der Waals surface area (Å²) in [5.74, 6) is 0.950. The van der Waals surface area contributed by atoms with Crippen molar-refractivity contribution in [1.82, 2.24) is 5.32 Å². The van der Waals surface area contributed by atoms with Crippen molar-refractivity contribution >= 4 is 15.9 Å². The highest BCUT2D eigenvalue weighted by Gasteiger charge is 2.20. The molecule has 1 aliphatic rings. The molecule has 100 valence electrons. The van der Waals surface area contributed by atoms with E-state index < -0.39 is 0 Å². The van der Waals surface area contributed by atoms with Crippen molar-refractivity contribution in [2.45, 2.75) is 32.4 Å². The van der Waals surface area contributed by atoms with Gasteiger partial charge in [-0.25, -0.2) is 0 Å². The topological polar surface area (TPSA) is 30.5 Å². The van der Waals surface area contributed by atoms with Gasteiger partial charge in [0, 0.05) is 29.2 Å². The Kier molecular flexibility index (Phi) is 5.47. The summed E-state index contributed by atoms with van der Waals surface area (Å²) in [6.07, 6.45) is 2.60. The van der Waals surface area contributed by atoms with Crippen LogP contribution in [-0.2, 0) is 11.3 Å². The number of halogens is 1. The molecule has 0 radical (unpaired) electrons. The lowest BCUT2D eigenvalue weighted by atomic mass is 10.2. The maximum Gasteiger partial charge on any atom is 0.123 e. The van der Waals surface area contributed by atoms with Gasteiger partial charge < -0.3 is 14.8 Å². The van der Waals surface area contributed by atoms with Gasteiger partial charge in [0.1, 0.15) is 12.4 Å². The second-order valence-electron chi connectivity index (χ2n) is 4.45. The Morgan fingerprint density at radius 2 is 2.17 bits per heavy atom. The van der Waals surface area contributed by atoms with Crippen LogP contribution in [0.15, 0.2) is 22.7 Å². The first-order valence-electron chi connectivity index (χ1n) is 6.52. The molecule has 0 saturated heterocycles. The van der Waals surface area contributed by atoms with Gasteiger partial charge in [0.05, 0.1) is 6.61 Å². The number of benzene rings is 1. The highest BCUT2D eigenvalue weighted by molar-refractivity contribution is 9.10. The molecule has 1 saturated carbocycles. The van der Waals surface area contributed by atoms with Crippen LogP contribution >= 0.6 is 15.9 Å². The Hall–Kier alpha value is -0.580. The van der Waals surface area contributed by atoms with Crippen LogP contribution in [0.1, 0.15) is 25.3 Å². The minimum atomic E-state index is 0.603. The van der Waals surface area contributed by atoms with Crippen LogP contribution in [0.5, 0.6) is 5.75 Å². The van der Waals surface area contributed by atoms with Crippen molar-refractivity contribution in [3.05, 3.63) is 28.2 Å². The first-order valence-corrected chi connectivity index (χ1v) is 7.31. The largest absolute Gasteiger partial charge is 0.491 e. The van der Waals surface area contributed by atoms with E-state index in [0.29, 0.717) is 19.3 Å². The molecule has 0 aliphatic heterocycles. The van der Waals surface area contributed by atoms with Crippen molar-refractivity contribution in [2.24, 2.45) is 0 Å². The van der Waals surface area contributed by atoms with Crippen molar-refractivity contribution in [1.29, 1.82) is 0 Å². The van der Waals surface area contributed by atoms with Crippen LogP contribution < -0.4 is 10.1 Å². The fourth-order valence-electron chi connectivity index (χ4n) is 1.72. The van der Waals surface area contributed by atoms with Gasteiger partial charge in [-0.3, -0.25) is 0 Å². The molecular weight excluding hydrogens is 294 g/mol. The maximum atomic E-state index is 5.76. The lowest BCUT2D eigenvalue weighted by Crippen LogP contribution is -2.16. The molecule has 0 spiro atoms. The molecule has 1 N–H and O–H groups in total. The molecule has 0 unspecified atom stereocenters. The summed E-state index contributed by atoms with van der Waals surface area (Å²) in [5.41, 5.74) is 1.20. The third-order valence-corrected chi connectivity index (χ3v) is 3.36. The molecule has 1 aromatic rings. The quantitative estimate of drug-likeness (QED) is 0.748. The lowest BCUT2D eigenvalue weighted by molar-refractivity contribution is 0.110. The van der Waals surface area contributed by atoms with Gasteiger partial charge in [-0.15, -0.1) is 0 Å². The Morgan fingerprint density at radius 1 is 1.33 bits per heavy atom. The zero-order valence-electron chi connectivity index (χ0n) is 10.7. The average Bonchev–Trinajstić information content (AvgIpc) is 3.18. The predicted octanol–water partition coefficient (Wildman–Crippen LogP) is 3.12. The third kappa shape index (κ3) is 4.59. The van der Waals surface area contributed by atoms with Crippen LogP contribution in [0.3, 0.4) is 0 Å². The van der Waals surface area contributed by atoms with Gasteiger partial charge in [-0.1, -0.05) is 15.9 Å². The number of rotatable bonds is 8. The zero-order valence-corrected chi connectivity index (χ0v) is 12.3. The minimum Gasteiger partial charge on any atom is -0.491 e. The Morgan fingerprint density at radius 3 is 2.89 bits per heavy atom. The van der Waals surface area contributed by atoms with E-state index in [2.05, 4.69) is 27.3 Å². The Balaban J connectivity index is 1.88. The molecule has 1 fully saturated rings. The fourth-order valence-corrected chi connectivity index (χ4v) is 2.13. The second kappa shape index (κ2) is 7.12. The summed E-state index contributed by atoms with van der Waals surface area (Å²) in [4.78, 5) is 0. The van der Waals surface area contributed by atoms with Crippen molar-refractivity contribution in [3.63, 3.8) is 0 Å². The van der Waals surface area contributed by atoms with E-state index in [1.807, 2.05) is 19.1 Å². The smallest absolute Gasteiger partial charge is 0.123 e. The van der Waals surface area contributed by atoms with Crippen LogP contribution in [0, 0.1) is 0 Å². The summed E-state index contributed by atoms with van der Waals surface area (Å²) < 4.78 is 12.1. The van der Waals surface area contributed by atoms with Crippen molar-refractivity contribution in [2.75, 3.05) is 19.8 Å². The molecular formula is C14H20BrNO2. The van der Waals surface area contributed by atoms with Gasteiger partial charge in [0.15, 0.2) is 0 Å². The molecule has 2 rings (SSSR count). The van der Waals surface area contributed by atoms with Crippen LogP contribution in [0.2, 0.25) is 0 Å². The van der Waals surface area contributed by atoms with Crippen molar-refractivity contribution < 1.29 is 9.47 Å². The van der Waals surface area contributed by atoms with E-state index >= 15 is 0 Å². The highest BCUT2D eigenvalue weighted by atomic mass is 79.9. The Labute approximate surface area is 117 Å². The molecule has 4 heteroatoms. The SMILES string of the molecule is CCOCCOc1ccc(Br)cc1CNC1CC1. The average molecular weight is 314 g/mol. The van der Waals surface area contributed by atoms with Gasteiger partial charge in [0.2, 0.25) is 0 Å². The number of hydrogen-bond donors (Lipinski definition) is 1. The van der Waals surface area contributed by atoms with E-state index in [1.165, 1.54) is 18.4 Å². The first-order chi connectivity index (χ1) is 8.79. The molecule has 0 heterocycles. The molecule has 18 heavy (non-hydrogen) atoms. The van der Waals surface area contributed by atoms with Crippen LogP contribution in [0.25, 0.3) is 0 Å². The molecule has 0 bridgehead atoms. The number of ether oxygens (including phenoxy) is 2. The first kappa shape index (κ1) is 13.8. The van der Waals surface area contributed by atoms with E-state index in [0.717, 1.165) is 23.4 Å². The number of hydrogen-bond acceptors (Lipinski definition) is 3. The van der Waals surface area contributed by atoms with E-state index in [-0.39, 0.29) is 0 Å². The van der Waals surface area contributed by atoms with Crippen molar-refractivity contribution in [3.8, 4) is 5.75 Å². The standard InChI is InChI=1S/C14H20BrNO2/c1-2-17-7-8-18-14-6-3-12(15)9-11(14)10-16-13-4-5-13/h3,6,9,13,16H,2,4-5,7-8,10H2,1H3. The summed E-state index contributed by atoms with van der Waals surface area (Å²) in [6.45, 7) is 4.84. The minimum absolute atomic E-state index is 0.603. The van der Waals surface area contributed by atoms with Gasteiger partial charge in [0.25, 0.3) is 0 Å². The lowest BCUT2D eigenvalue weighted by Gasteiger charge is -2.12. The maximum absolute atomic E-state index is 5.76. The zero-order chi connectivity index (χ0) is 12.8. The van der Waals surface area contributed by atoms with E-state index in [9.17, 15) is 0 Å². The molecule has 0 aromatic heterocycles. The van der Waals surface area contributed by atoms with Gasteiger partial charge >= 0.3 is 0 Å². The summed E-state index contributed by atoms with van der Waals surface area (Å²) in [7, 11) is 0. The van der Waals surface area contributed by atoms with Gasteiger partial charge in [-0.05, 0) is 38.0 Å². The van der Waals surface area contributed by atoms with E-state index in [1.54, 1.807) is 0 Å². The van der Waals surface area contributed by atoms with Gasteiger partial charge in [-0.2, -0.15) is 0 Å². The Bertz CT molecular complexity index is 380. The van der Waals surface area contributed by atoms with Crippen LogP contribution in [0.4, 0.5) is 0 Å². The summed E-state index contributed by atoms with van der Waals surface area (Å²) >= 11 is 3.50. The normalized spacial score (nSPS) is 14.8. The van der Waals surface area contributed by atoms with E-state index in [4.69, 9.17) is 9.47 Å². The second-order valence-corrected chi connectivity index (χ2v) is 5.37. The molecule has 0 amide bonds. The molecule has 1 aliphatic carbocycles. The number of nitrogens with one attached hydrogen (secondary N) is 1. The summed E-state index contributed by atoms with van der Waals surface area (Å²) in [6, 6.07) is 6.85.